The fourth-order valence-electron chi connectivity index (χ4n) is 2.43. The molecule has 0 heterocycles. The summed E-state index contributed by atoms with van der Waals surface area (Å²) < 4.78 is 11.7. The van der Waals surface area contributed by atoms with Gasteiger partial charge in [0.05, 0.1) is 6.61 Å². The number of aryl methyl sites for hydroxylation is 1. The van der Waals surface area contributed by atoms with E-state index in [1.807, 2.05) is 31.2 Å². The van der Waals surface area contributed by atoms with Gasteiger partial charge < -0.3 is 14.4 Å². The molecule has 124 valence electrons. The van der Waals surface area contributed by atoms with E-state index in [1.165, 1.54) is 5.56 Å². The maximum Gasteiger partial charge on any atom is 0.161 e. The second-order valence-electron chi connectivity index (χ2n) is 5.90. The first-order chi connectivity index (χ1) is 11.2. The van der Waals surface area contributed by atoms with Gasteiger partial charge in [0.15, 0.2) is 11.5 Å². The van der Waals surface area contributed by atoms with E-state index >= 15 is 0 Å². The van der Waals surface area contributed by atoms with Crippen LogP contribution in [0.15, 0.2) is 48.5 Å². The van der Waals surface area contributed by atoms with Crippen LogP contribution in [-0.4, -0.2) is 32.1 Å². The average Bonchev–Trinajstić information content (AvgIpc) is 2.55. The molecule has 0 atom stereocenters. The van der Waals surface area contributed by atoms with Crippen molar-refractivity contribution in [3.8, 4) is 11.5 Å². The van der Waals surface area contributed by atoms with Gasteiger partial charge in [0.1, 0.15) is 6.61 Å². The van der Waals surface area contributed by atoms with Gasteiger partial charge in [-0.25, -0.2) is 0 Å². The summed E-state index contributed by atoms with van der Waals surface area (Å²) in [6.45, 7) is 4.29. The van der Waals surface area contributed by atoms with Gasteiger partial charge in [-0.15, -0.1) is 0 Å². The van der Waals surface area contributed by atoms with E-state index in [2.05, 4.69) is 43.3 Å². The molecule has 0 amide bonds. The molecule has 0 aliphatic carbocycles. The molecule has 0 saturated heterocycles. The molecule has 0 aliphatic rings. The molecule has 2 aromatic rings. The Kier molecular flexibility index (Phi) is 6.95. The number of nitrogens with zero attached hydrogens (tertiary/aromatic N) is 1. The molecular weight excluding hydrogens is 286 g/mol. The average molecular weight is 313 g/mol. The highest BCUT2D eigenvalue weighted by molar-refractivity contribution is 5.43. The van der Waals surface area contributed by atoms with Crippen molar-refractivity contribution in [1.29, 1.82) is 0 Å². The number of hydrogen-bond donors (Lipinski definition) is 0. The molecule has 0 N–H and O–H groups in total. The summed E-state index contributed by atoms with van der Waals surface area (Å²) in [4.78, 5) is 2.21. The zero-order valence-electron chi connectivity index (χ0n) is 14.4. The zero-order valence-corrected chi connectivity index (χ0v) is 14.4. The van der Waals surface area contributed by atoms with Crippen molar-refractivity contribution in [2.45, 2.75) is 26.4 Å². The number of benzene rings is 2. The quantitative estimate of drug-likeness (QED) is 0.694. The lowest BCUT2D eigenvalue weighted by atomic mass is 10.1. The third-order valence-corrected chi connectivity index (χ3v) is 3.62. The predicted molar refractivity (Wildman–Crippen MR) is 95.3 cm³/mol. The first kappa shape index (κ1) is 17.4. The molecule has 0 bridgehead atoms. The highest BCUT2D eigenvalue weighted by Gasteiger charge is 2.07. The molecule has 0 aromatic heterocycles. The largest absolute Gasteiger partial charge is 0.490 e. The second-order valence-corrected chi connectivity index (χ2v) is 5.90. The summed E-state index contributed by atoms with van der Waals surface area (Å²) in [5, 5.41) is 0. The Balaban J connectivity index is 2.00. The summed E-state index contributed by atoms with van der Waals surface area (Å²) in [5.74, 6) is 1.65. The van der Waals surface area contributed by atoms with Crippen molar-refractivity contribution >= 4 is 0 Å². The summed E-state index contributed by atoms with van der Waals surface area (Å²) in [5.41, 5.74) is 2.45. The van der Waals surface area contributed by atoms with Gasteiger partial charge in [0.2, 0.25) is 0 Å². The molecule has 0 aliphatic heterocycles. The summed E-state index contributed by atoms with van der Waals surface area (Å²) in [6, 6.07) is 16.5. The van der Waals surface area contributed by atoms with Crippen LogP contribution in [0, 0.1) is 0 Å². The van der Waals surface area contributed by atoms with Crippen molar-refractivity contribution < 1.29 is 9.47 Å². The minimum atomic E-state index is 0.556. The third kappa shape index (κ3) is 5.95. The van der Waals surface area contributed by atoms with Gasteiger partial charge in [-0.2, -0.15) is 0 Å². The first-order valence-electron chi connectivity index (χ1n) is 8.26. The highest BCUT2D eigenvalue weighted by atomic mass is 16.5. The van der Waals surface area contributed by atoms with Crippen LogP contribution in [0.3, 0.4) is 0 Å². The second kappa shape index (κ2) is 9.21. The first-order valence-corrected chi connectivity index (χ1v) is 8.26. The Bertz CT molecular complexity index is 581. The Labute approximate surface area is 139 Å². The highest BCUT2D eigenvalue weighted by Crippen LogP contribution is 2.29. The lowest BCUT2D eigenvalue weighted by molar-refractivity contribution is 0.269. The topological polar surface area (TPSA) is 21.7 Å². The van der Waals surface area contributed by atoms with E-state index in [9.17, 15) is 0 Å². The van der Waals surface area contributed by atoms with Crippen LogP contribution >= 0.6 is 0 Å². The van der Waals surface area contributed by atoms with Gasteiger partial charge in [0.25, 0.3) is 0 Å². The SMILES string of the molecule is CCOc1cc(CCCN(C)C)ccc1OCc1ccccc1. The van der Waals surface area contributed by atoms with Gasteiger partial charge in [0, 0.05) is 0 Å². The molecule has 2 aromatic carbocycles. The maximum absolute atomic E-state index is 5.94. The Morgan fingerprint density at radius 1 is 0.870 bits per heavy atom. The normalized spacial score (nSPS) is 10.8. The Morgan fingerprint density at radius 3 is 2.35 bits per heavy atom. The smallest absolute Gasteiger partial charge is 0.161 e. The molecule has 0 saturated carbocycles. The maximum atomic E-state index is 5.94. The Morgan fingerprint density at radius 2 is 1.65 bits per heavy atom. The summed E-state index contributed by atoms with van der Waals surface area (Å²) in [6.07, 6.45) is 2.19. The molecule has 2 rings (SSSR count). The van der Waals surface area contributed by atoms with Crippen molar-refractivity contribution in [2.75, 3.05) is 27.2 Å². The fraction of sp³-hybridized carbons (Fsp3) is 0.400. The molecule has 3 heteroatoms. The molecule has 0 spiro atoms. The number of hydrogen-bond acceptors (Lipinski definition) is 3. The molecule has 23 heavy (non-hydrogen) atoms. The lowest BCUT2D eigenvalue weighted by Crippen LogP contribution is -2.13. The monoisotopic (exact) mass is 313 g/mol. The molecule has 3 nitrogen and oxygen atoms in total. The van der Waals surface area contributed by atoms with Crippen molar-refractivity contribution in [2.24, 2.45) is 0 Å². The lowest BCUT2D eigenvalue weighted by Gasteiger charge is -2.14. The van der Waals surface area contributed by atoms with Crippen LogP contribution in [-0.2, 0) is 13.0 Å². The number of rotatable bonds is 9. The fourth-order valence-corrected chi connectivity index (χ4v) is 2.43. The van der Waals surface area contributed by atoms with E-state index in [0.29, 0.717) is 13.2 Å². The van der Waals surface area contributed by atoms with E-state index in [4.69, 9.17) is 9.47 Å². The van der Waals surface area contributed by atoms with Crippen molar-refractivity contribution in [3.63, 3.8) is 0 Å². The molecule has 0 radical (unpaired) electrons. The minimum Gasteiger partial charge on any atom is -0.490 e. The van der Waals surface area contributed by atoms with Crippen LogP contribution in [0.4, 0.5) is 0 Å². The summed E-state index contributed by atoms with van der Waals surface area (Å²) in [7, 11) is 4.21. The van der Waals surface area contributed by atoms with Crippen LogP contribution < -0.4 is 9.47 Å². The van der Waals surface area contributed by atoms with Gasteiger partial charge in [-0.1, -0.05) is 36.4 Å². The predicted octanol–water partition coefficient (Wildman–Crippen LogP) is 4.16. The minimum absolute atomic E-state index is 0.556. The van der Waals surface area contributed by atoms with E-state index < -0.39 is 0 Å². The van der Waals surface area contributed by atoms with Crippen molar-refractivity contribution in [1.82, 2.24) is 4.90 Å². The number of ether oxygens (including phenoxy) is 2. The van der Waals surface area contributed by atoms with E-state index in [-0.39, 0.29) is 0 Å². The zero-order chi connectivity index (χ0) is 16.5. The van der Waals surface area contributed by atoms with Gasteiger partial charge in [-0.05, 0) is 63.7 Å². The molecular formula is C20H27NO2. The van der Waals surface area contributed by atoms with Crippen LogP contribution in [0.25, 0.3) is 0 Å². The molecule has 0 unspecified atom stereocenters. The summed E-state index contributed by atoms with van der Waals surface area (Å²) >= 11 is 0. The van der Waals surface area contributed by atoms with Crippen LogP contribution in [0.5, 0.6) is 11.5 Å². The van der Waals surface area contributed by atoms with Crippen LogP contribution in [0.2, 0.25) is 0 Å². The van der Waals surface area contributed by atoms with Crippen LogP contribution in [0.1, 0.15) is 24.5 Å². The Hall–Kier alpha value is -2.00. The standard InChI is InChI=1S/C20H27NO2/c1-4-22-20-15-17(11-8-14-21(2)3)12-13-19(20)23-16-18-9-6-5-7-10-18/h5-7,9-10,12-13,15H,4,8,11,14,16H2,1-3H3. The van der Waals surface area contributed by atoms with Crippen molar-refractivity contribution in [3.05, 3.63) is 59.7 Å². The third-order valence-electron chi connectivity index (χ3n) is 3.62. The van der Waals surface area contributed by atoms with E-state index in [1.54, 1.807) is 0 Å². The van der Waals surface area contributed by atoms with Gasteiger partial charge in [-0.3, -0.25) is 0 Å². The van der Waals surface area contributed by atoms with E-state index in [0.717, 1.165) is 36.4 Å². The van der Waals surface area contributed by atoms with Gasteiger partial charge >= 0.3 is 0 Å². The molecule has 0 fully saturated rings.